The van der Waals surface area contributed by atoms with Crippen molar-refractivity contribution in [3.63, 3.8) is 0 Å². The van der Waals surface area contributed by atoms with E-state index in [0.717, 1.165) is 16.2 Å². The smallest absolute Gasteiger partial charge is 0.352 e. The fraction of sp³-hybridized carbons (Fsp3) is 0.250. The fourth-order valence-corrected chi connectivity index (χ4v) is 4.10. The number of nitrogens with one attached hydrogen (secondary N) is 1. The number of carboxylic acid groups (broad SMARTS) is 1. The summed E-state index contributed by atoms with van der Waals surface area (Å²) in [5.41, 5.74) is 5.09. The Labute approximate surface area is 143 Å². The number of hydrogen-bond donors (Lipinski definition) is 4. The Hall–Kier alpha value is -2.60. The van der Waals surface area contributed by atoms with Crippen LogP contribution < -0.4 is 11.1 Å². The number of aromatic nitrogens is 1. The van der Waals surface area contributed by atoms with Crippen molar-refractivity contribution < 1.29 is 24.7 Å². The Kier molecular flexibility index (Phi) is 4.15. The molecule has 0 bridgehead atoms. The number of amides is 2. The predicted octanol–water partition coefficient (Wildman–Crippen LogP) is -0.728. The first kappa shape index (κ1) is 16.3. The van der Waals surface area contributed by atoms with Gasteiger partial charge >= 0.3 is 5.97 Å². The van der Waals surface area contributed by atoms with E-state index in [2.05, 4.69) is 15.5 Å². The Morgan fingerprint density at radius 2 is 2.25 bits per heavy atom. The van der Waals surface area contributed by atoms with Gasteiger partial charge in [0.2, 0.25) is 0 Å². The van der Waals surface area contributed by atoms with Crippen molar-refractivity contribution in [1.82, 2.24) is 15.2 Å². The maximum absolute atomic E-state index is 12.2. The highest BCUT2D eigenvalue weighted by Gasteiger charge is 2.53. The van der Waals surface area contributed by atoms with Gasteiger partial charge in [-0.1, -0.05) is 5.16 Å². The number of aliphatic carboxylic acids is 1. The maximum atomic E-state index is 12.2. The Balaban J connectivity index is 1.73. The first-order valence-corrected chi connectivity index (χ1v) is 8.49. The van der Waals surface area contributed by atoms with Gasteiger partial charge in [-0.25, -0.2) is 9.78 Å². The van der Waals surface area contributed by atoms with E-state index >= 15 is 0 Å². The standard InChI is InChI=1S/C12H11N5O5S2/c13-12-14-4(3-24-12)6(16-22)8(18)15-7-9(19)17-5(11(20)21)1-2-23-10(7)17/h1,3,7,10,22H,2H2,(H2,13,14)(H,15,18)(H,20,21)/t7?,10-/m1/s1. The van der Waals surface area contributed by atoms with Crippen LogP contribution in [0.4, 0.5) is 5.13 Å². The normalized spacial score (nSPS) is 23.2. The van der Waals surface area contributed by atoms with Gasteiger partial charge in [-0.3, -0.25) is 14.5 Å². The molecule has 2 aliphatic heterocycles. The molecular formula is C12H11N5O5S2. The van der Waals surface area contributed by atoms with Crippen LogP contribution in [-0.2, 0) is 14.4 Å². The summed E-state index contributed by atoms with van der Waals surface area (Å²) in [5.74, 6) is -2.13. The number of hydrogen-bond acceptors (Lipinski definition) is 9. The molecule has 3 heterocycles. The molecule has 0 aliphatic carbocycles. The number of nitrogens with zero attached hydrogens (tertiary/aromatic N) is 3. The average molecular weight is 369 g/mol. The molecule has 5 N–H and O–H groups in total. The second-order valence-corrected chi connectivity index (χ2v) is 6.84. The van der Waals surface area contributed by atoms with E-state index in [1.165, 1.54) is 23.2 Å². The lowest BCUT2D eigenvalue weighted by atomic mass is 10.0. The molecule has 12 heteroatoms. The number of fused-ring (bicyclic) bond motifs is 1. The molecule has 0 spiro atoms. The van der Waals surface area contributed by atoms with Crippen LogP contribution >= 0.6 is 23.1 Å². The largest absolute Gasteiger partial charge is 0.477 e. The molecule has 0 aromatic carbocycles. The number of β-lactam (4-membered cyclic amide) rings is 1. The molecule has 2 aliphatic rings. The Morgan fingerprint density at radius 1 is 1.50 bits per heavy atom. The van der Waals surface area contributed by atoms with E-state index in [-0.39, 0.29) is 22.2 Å². The minimum Gasteiger partial charge on any atom is -0.477 e. The molecule has 3 rings (SSSR count). The number of thioether (sulfide) groups is 1. The molecule has 2 atom stereocenters. The molecule has 1 fully saturated rings. The highest BCUT2D eigenvalue weighted by atomic mass is 32.2. The second-order valence-electron chi connectivity index (χ2n) is 4.80. The van der Waals surface area contributed by atoms with Crippen LogP contribution in [0.1, 0.15) is 5.69 Å². The molecule has 126 valence electrons. The van der Waals surface area contributed by atoms with Gasteiger partial charge < -0.3 is 21.4 Å². The summed E-state index contributed by atoms with van der Waals surface area (Å²) in [6.45, 7) is 0. The molecule has 0 radical (unpaired) electrons. The van der Waals surface area contributed by atoms with Crippen LogP contribution in [0.15, 0.2) is 22.3 Å². The van der Waals surface area contributed by atoms with Crippen molar-refractivity contribution in [1.29, 1.82) is 0 Å². The van der Waals surface area contributed by atoms with Crippen LogP contribution in [0.3, 0.4) is 0 Å². The zero-order chi connectivity index (χ0) is 17.4. The number of thiazole rings is 1. The van der Waals surface area contributed by atoms with E-state index in [1.807, 2.05) is 0 Å². The van der Waals surface area contributed by atoms with Gasteiger partial charge in [0.25, 0.3) is 11.8 Å². The number of nitrogen functional groups attached to an aromatic ring is 1. The number of oxime groups is 1. The lowest BCUT2D eigenvalue weighted by Crippen LogP contribution is -2.70. The maximum Gasteiger partial charge on any atom is 0.352 e. The van der Waals surface area contributed by atoms with E-state index < -0.39 is 29.2 Å². The number of carboxylic acids is 1. The lowest BCUT2D eigenvalue weighted by Gasteiger charge is -2.48. The summed E-state index contributed by atoms with van der Waals surface area (Å²) < 4.78 is 0. The second kappa shape index (κ2) is 6.13. The molecule has 10 nitrogen and oxygen atoms in total. The third-order valence-corrected chi connectivity index (χ3v) is 5.29. The van der Waals surface area contributed by atoms with E-state index in [4.69, 9.17) is 16.0 Å². The van der Waals surface area contributed by atoms with Gasteiger partial charge in [0.05, 0.1) is 0 Å². The van der Waals surface area contributed by atoms with Crippen molar-refractivity contribution in [2.24, 2.45) is 5.16 Å². The summed E-state index contributed by atoms with van der Waals surface area (Å²) in [5, 5.41) is 24.6. The first-order chi connectivity index (χ1) is 11.4. The van der Waals surface area contributed by atoms with Crippen molar-refractivity contribution in [2.75, 3.05) is 11.5 Å². The molecule has 0 saturated carbocycles. The van der Waals surface area contributed by atoms with Gasteiger partial charge in [-0.15, -0.1) is 23.1 Å². The molecular weight excluding hydrogens is 358 g/mol. The molecule has 24 heavy (non-hydrogen) atoms. The summed E-state index contributed by atoms with van der Waals surface area (Å²) >= 11 is 2.39. The van der Waals surface area contributed by atoms with Crippen LogP contribution in [0.5, 0.6) is 0 Å². The van der Waals surface area contributed by atoms with Gasteiger partial charge in [0.1, 0.15) is 22.8 Å². The average Bonchev–Trinajstić information content (AvgIpc) is 2.98. The lowest BCUT2D eigenvalue weighted by molar-refractivity contribution is -0.150. The number of carbonyl (C=O) groups is 3. The van der Waals surface area contributed by atoms with Crippen LogP contribution in [0, 0.1) is 0 Å². The van der Waals surface area contributed by atoms with E-state index in [1.54, 1.807) is 0 Å². The van der Waals surface area contributed by atoms with Gasteiger partial charge in [0, 0.05) is 11.1 Å². The first-order valence-electron chi connectivity index (χ1n) is 6.56. The Morgan fingerprint density at radius 3 is 2.83 bits per heavy atom. The topological polar surface area (TPSA) is 158 Å². The van der Waals surface area contributed by atoms with Crippen LogP contribution in [0.25, 0.3) is 0 Å². The summed E-state index contributed by atoms with van der Waals surface area (Å²) in [6.07, 6.45) is 1.44. The number of nitrogens with two attached hydrogens (primary N) is 1. The molecule has 1 saturated heterocycles. The summed E-state index contributed by atoms with van der Waals surface area (Å²) in [7, 11) is 0. The van der Waals surface area contributed by atoms with Crippen LogP contribution in [0.2, 0.25) is 0 Å². The van der Waals surface area contributed by atoms with Gasteiger partial charge in [-0.05, 0) is 6.08 Å². The molecule has 1 unspecified atom stereocenters. The highest BCUT2D eigenvalue weighted by molar-refractivity contribution is 8.00. The molecule has 1 aromatic heterocycles. The molecule has 2 amide bonds. The van der Waals surface area contributed by atoms with Gasteiger partial charge in [-0.2, -0.15) is 0 Å². The van der Waals surface area contributed by atoms with Crippen molar-refractivity contribution in [3.05, 3.63) is 22.8 Å². The SMILES string of the molecule is Nc1nc(C(=NO)C(=O)NC2C(=O)N3C(C(=O)O)=CCS[C@H]23)cs1. The highest BCUT2D eigenvalue weighted by Crippen LogP contribution is 2.37. The third kappa shape index (κ3) is 2.59. The van der Waals surface area contributed by atoms with E-state index in [0.29, 0.717) is 5.75 Å². The summed E-state index contributed by atoms with van der Waals surface area (Å²) in [6, 6.07) is -0.904. The predicted molar refractivity (Wildman–Crippen MR) is 85.6 cm³/mol. The zero-order valence-corrected chi connectivity index (χ0v) is 13.5. The number of rotatable bonds is 4. The quantitative estimate of drug-likeness (QED) is 0.234. The minimum absolute atomic E-state index is 0.0866. The van der Waals surface area contributed by atoms with E-state index in [9.17, 15) is 14.4 Å². The van der Waals surface area contributed by atoms with Crippen molar-refractivity contribution in [3.8, 4) is 0 Å². The molecule has 1 aromatic rings. The van der Waals surface area contributed by atoms with Gasteiger partial charge in [0.15, 0.2) is 10.8 Å². The number of anilines is 1. The van der Waals surface area contributed by atoms with Crippen LogP contribution in [-0.4, -0.2) is 60.9 Å². The Bertz CT molecular complexity index is 789. The third-order valence-electron chi connectivity index (χ3n) is 3.43. The number of carbonyl (C=O) groups excluding carboxylic acids is 2. The minimum atomic E-state index is -1.20. The summed E-state index contributed by atoms with van der Waals surface area (Å²) in [4.78, 5) is 40.5. The monoisotopic (exact) mass is 369 g/mol. The van der Waals surface area contributed by atoms with Crippen molar-refractivity contribution in [2.45, 2.75) is 11.4 Å². The van der Waals surface area contributed by atoms with Crippen molar-refractivity contribution >= 4 is 51.7 Å². The fourth-order valence-electron chi connectivity index (χ4n) is 2.36. The zero-order valence-electron chi connectivity index (χ0n) is 11.9.